The molecule has 1 saturated heterocycles. The highest BCUT2D eigenvalue weighted by atomic mass is 32.1. The molecule has 0 atom stereocenters. The minimum absolute atomic E-state index is 0.110. The lowest BCUT2D eigenvalue weighted by molar-refractivity contribution is 0.0819. The number of nitrogen functional groups attached to an aromatic ring is 1. The van der Waals surface area contributed by atoms with Crippen molar-refractivity contribution in [1.29, 1.82) is 0 Å². The number of hydrogen-bond acceptors (Lipinski definition) is 6. The lowest BCUT2D eigenvalue weighted by Crippen LogP contribution is -2.36. The summed E-state index contributed by atoms with van der Waals surface area (Å²) in [7, 11) is 1.78. The molecule has 1 aromatic heterocycles. The average molecular weight is 271 g/mol. The monoisotopic (exact) mass is 271 g/mol. The summed E-state index contributed by atoms with van der Waals surface area (Å²) in [5.74, 6) is 1.24. The van der Waals surface area contributed by atoms with Crippen molar-refractivity contribution in [1.82, 2.24) is 4.37 Å². The van der Waals surface area contributed by atoms with Gasteiger partial charge in [-0.05, 0) is 38.2 Å². The maximum absolute atomic E-state index is 5.87. The molecule has 0 amide bonds. The molecule has 2 heterocycles. The Bertz CT molecular complexity index is 387. The van der Waals surface area contributed by atoms with Crippen molar-refractivity contribution in [2.24, 2.45) is 0 Å². The fourth-order valence-corrected chi connectivity index (χ4v) is 2.93. The van der Waals surface area contributed by atoms with E-state index in [4.69, 9.17) is 15.2 Å². The maximum Gasteiger partial charge on any atom is 0.198 e. The Hall–Kier alpha value is -1.01. The molecule has 18 heavy (non-hydrogen) atoms. The van der Waals surface area contributed by atoms with E-state index in [-0.39, 0.29) is 6.10 Å². The van der Waals surface area contributed by atoms with E-state index >= 15 is 0 Å². The van der Waals surface area contributed by atoms with Gasteiger partial charge in [0.15, 0.2) is 16.6 Å². The summed E-state index contributed by atoms with van der Waals surface area (Å²) in [5.41, 5.74) is 5.87. The Kier molecular flexibility index (Phi) is 4.29. The molecular formula is C12H21N3O2S. The molecule has 1 fully saturated rings. The van der Waals surface area contributed by atoms with Gasteiger partial charge in [0.1, 0.15) is 0 Å². The Labute approximate surface area is 112 Å². The number of rotatable bonds is 4. The first-order valence-corrected chi connectivity index (χ1v) is 7.08. The van der Waals surface area contributed by atoms with Gasteiger partial charge in [0, 0.05) is 20.2 Å². The molecule has 0 unspecified atom stereocenters. The van der Waals surface area contributed by atoms with Crippen LogP contribution in [0.25, 0.3) is 0 Å². The Morgan fingerprint density at radius 2 is 2.06 bits per heavy atom. The quantitative estimate of drug-likeness (QED) is 0.909. The lowest BCUT2D eigenvalue weighted by Gasteiger charge is -2.32. The molecule has 0 bridgehead atoms. The summed E-state index contributed by atoms with van der Waals surface area (Å²) in [5, 5.41) is 1.05. The van der Waals surface area contributed by atoms with Crippen molar-refractivity contribution in [3.8, 4) is 5.75 Å². The Morgan fingerprint density at radius 1 is 1.39 bits per heavy atom. The van der Waals surface area contributed by atoms with Gasteiger partial charge >= 0.3 is 0 Å². The smallest absolute Gasteiger partial charge is 0.198 e. The normalized spacial score (nSPS) is 17.4. The molecule has 1 aliphatic rings. The Morgan fingerprint density at radius 3 is 2.61 bits per heavy atom. The summed E-state index contributed by atoms with van der Waals surface area (Å²) in [6, 6.07) is 0. The fraction of sp³-hybridized carbons (Fsp3) is 0.750. The lowest BCUT2D eigenvalue weighted by atomic mass is 10.1. The Balaban J connectivity index is 2.09. The van der Waals surface area contributed by atoms with Crippen molar-refractivity contribution >= 4 is 22.4 Å². The second-order valence-corrected chi connectivity index (χ2v) is 5.54. The molecule has 1 aliphatic heterocycles. The number of ether oxygens (including phenoxy) is 2. The summed E-state index contributed by atoms with van der Waals surface area (Å²) < 4.78 is 15.4. The van der Waals surface area contributed by atoms with Crippen LogP contribution in [0, 0.1) is 0 Å². The van der Waals surface area contributed by atoms with Gasteiger partial charge in [-0.25, -0.2) is 0 Å². The maximum atomic E-state index is 5.87. The van der Waals surface area contributed by atoms with E-state index in [1.54, 1.807) is 7.11 Å². The second-order valence-electron chi connectivity index (χ2n) is 4.79. The SMILES string of the molecule is COC1CCN(c2snc(N)c2OC(C)C)CC1. The van der Waals surface area contributed by atoms with Crippen molar-refractivity contribution < 1.29 is 9.47 Å². The number of nitrogens with two attached hydrogens (primary N) is 1. The molecule has 6 heteroatoms. The molecule has 0 radical (unpaired) electrons. The van der Waals surface area contributed by atoms with Gasteiger partial charge in [0.25, 0.3) is 0 Å². The van der Waals surface area contributed by atoms with E-state index in [1.807, 2.05) is 13.8 Å². The van der Waals surface area contributed by atoms with E-state index in [9.17, 15) is 0 Å². The summed E-state index contributed by atoms with van der Waals surface area (Å²) >= 11 is 1.42. The molecular weight excluding hydrogens is 250 g/mol. The van der Waals surface area contributed by atoms with Gasteiger partial charge in [0.05, 0.1) is 12.2 Å². The van der Waals surface area contributed by atoms with Crippen LogP contribution in [0.5, 0.6) is 5.75 Å². The zero-order chi connectivity index (χ0) is 13.1. The van der Waals surface area contributed by atoms with E-state index < -0.39 is 0 Å². The molecule has 1 aromatic rings. The molecule has 0 saturated carbocycles. The second kappa shape index (κ2) is 5.75. The number of hydrogen-bond donors (Lipinski definition) is 1. The van der Waals surface area contributed by atoms with Crippen molar-refractivity contribution in [3.63, 3.8) is 0 Å². The van der Waals surface area contributed by atoms with Crippen molar-refractivity contribution in [3.05, 3.63) is 0 Å². The van der Waals surface area contributed by atoms with E-state index in [2.05, 4.69) is 9.27 Å². The third-order valence-electron chi connectivity index (χ3n) is 3.07. The highest BCUT2D eigenvalue weighted by Gasteiger charge is 2.25. The number of aromatic nitrogens is 1. The average Bonchev–Trinajstić information content (AvgIpc) is 2.71. The molecule has 2 rings (SSSR count). The number of anilines is 2. The number of methoxy groups -OCH3 is 1. The van der Waals surface area contributed by atoms with E-state index in [0.29, 0.717) is 11.9 Å². The van der Waals surface area contributed by atoms with E-state index in [0.717, 1.165) is 36.7 Å². The zero-order valence-electron chi connectivity index (χ0n) is 11.2. The first-order chi connectivity index (χ1) is 8.61. The van der Waals surface area contributed by atoms with Gasteiger partial charge in [0.2, 0.25) is 0 Å². The number of nitrogens with zero attached hydrogens (tertiary/aromatic N) is 2. The largest absolute Gasteiger partial charge is 0.484 e. The predicted molar refractivity (Wildman–Crippen MR) is 74.5 cm³/mol. The minimum atomic E-state index is 0.110. The number of piperidine rings is 1. The molecule has 0 aromatic carbocycles. The van der Waals surface area contributed by atoms with Crippen LogP contribution in [0.1, 0.15) is 26.7 Å². The summed E-state index contributed by atoms with van der Waals surface area (Å²) in [6.07, 6.45) is 2.56. The zero-order valence-corrected chi connectivity index (χ0v) is 12.0. The van der Waals surface area contributed by atoms with Crippen LogP contribution in [0.4, 0.5) is 10.8 Å². The van der Waals surface area contributed by atoms with Gasteiger partial charge < -0.3 is 20.1 Å². The van der Waals surface area contributed by atoms with Crippen LogP contribution in [0.3, 0.4) is 0 Å². The minimum Gasteiger partial charge on any atom is -0.484 e. The van der Waals surface area contributed by atoms with Gasteiger partial charge in [-0.3, -0.25) is 0 Å². The van der Waals surface area contributed by atoms with Crippen molar-refractivity contribution in [2.45, 2.75) is 38.9 Å². The fourth-order valence-electron chi connectivity index (χ4n) is 2.13. The summed E-state index contributed by atoms with van der Waals surface area (Å²) in [4.78, 5) is 2.29. The molecule has 0 aliphatic carbocycles. The van der Waals surface area contributed by atoms with Crippen LogP contribution in [0.15, 0.2) is 0 Å². The van der Waals surface area contributed by atoms with Crippen molar-refractivity contribution in [2.75, 3.05) is 30.8 Å². The third kappa shape index (κ3) is 2.87. The van der Waals surface area contributed by atoms with Crippen LogP contribution >= 0.6 is 11.5 Å². The van der Waals surface area contributed by atoms with Gasteiger partial charge in [-0.1, -0.05) is 0 Å². The molecule has 2 N–H and O–H groups in total. The van der Waals surface area contributed by atoms with E-state index in [1.165, 1.54) is 11.5 Å². The molecule has 0 spiro atoms. The van der Waals surface area contributed by atoms with Crippen LogP contribution in [0.2, 0.25) is 0 Å². The van der Waals surface area contributed by atoms with Gasteiger partial charge in [-0.15, -0.1) is 0 Å². The van der Waals surface area contributed by atoms with Crippen LogP contribution in [-0.4, -0.2) is 36.8 Å². The standard InChI is InChI=1S/C12H21N3O2S/c1-8(2)17-10-11(13)14-18-12(10)15-6-4-9(16-3)5-7-15/h8-9H,4-7H2,1-3H3,(H2,13,14). The molecule has 102 valence electrons. The summed E-state index contributed by atoms with van der Waals surface area (Å²) in [6.45, 7) is 5.93. The molecule has 5 nitrogen and oxygen atoms in total. The topological polar surface area (TPSA) is 60.6 Å². The first-order valence-electron chi connectivity index (χ1n) is 6.31. The highest BCUT2D eigenvalue weighted by molar-refractivity contribution is 7.11. The van der Waals surface area contributed by atoms with Crippen LogP contribution < -0.4 is 15.4 Å². The predicted octanol–water partition coefficient (Wildman–Crippen LogP) is 2.13. The van der Waals surface area contributed by atoms with Gasteiger partial charge in [-0.2, -0.15) is 4.37 Å². The third-order valence-corrected chi connectivity index (χ3v) is 3.98. The highest BCUT2D eigenvalue weighted by Crippen LogP contribution is 2.40. The first kappa shape index (κ1) is 13.4. The van der Waals surface area contributed by atoms with Crippen LogP contribution in [-0.2, 0) is 4.74 Å².